The van der Waals surface area contributed by atoms with Gasteiger partial charge in [0.1, 0.15) is 12.4 Å². The summed E-state index contributed by atoms with van der Waals surface area (Å²) in [6, 6.07) is 12.0. The number of phenolic OH excluding ortho intramolecular Hbond substituents is 1. The topological polar surface area (TPSA) is 60.0 Å². The van der Waals surface area contributed by atoms with Gasteiger partial charge in [0.2, 0.25) is 0 Å². The van der Waals surface area contributed by atoms with E-state index in [-0.39, 0.29) is 11.8 Å². The highest BCUT2D eigenvalue weighted by atomic mass is 16.5. The molecule has 0 saturated carbocycles. The highest BCUT2D eigenvalue weighted by Crippen LogP contribution is 2.51. The molecule has 0 fully saturated rings. The standard InChI is InChI=1S/C23H27NO4/c1-3-27-11-12-28-16-8-9-20-19(14-16)17-5-4-6-18(17)23(24-20)15-7-10-21(25)22(13-15)26-2/h4-5,7-10,13-14,17-18,23-25H,3,6,11-12H2,1-2H3. The number of ether oxygens (including phenoxy) is 3. The van der Waals surface area contributed by atoms with Crippen LogP contribution in [0.4, 0.5) is 5.69 Å². The number of hydrogen-bond donors (Lipinski definition) is 2. The van der Waals surface area contributed by atoms with E-state index in [2.05, 4.69) is 29.6 Å². The van der Waals surface area contributed by atoms with E-state index in [9.17, 15) is 5.11 Å². The fraction of sp³-hybridized carbons (Fsp3) is 0.391. The largest absolute Gasteiger partial charge is 0.504 e. The van der Waals surface area contributed by atoms with Crippen LogP contribution < -0.4 is 14.8 Å². The Hall–Kier alpha value is -2.66. The van der Waals surface area contributed by atoms with Crippen LogP contribution in [0.25, 0.3) is 0 Å². The molecule has 0 aromatic heterocycles. The van der Waals surface area contributed by atoms with Gasteiger partial charge in [-0.1, -0.05) is 18.2 Å². The van der Waals surface area contributed by atoms with Gasteiger partial charge in [-0.05, 0) is 60.7 Å². The molecule has 0 amide bonds. The molecule has 2 aromatic rings. The van der Waals surface area contributed by atoms with Crippen LogP contribution in [0.15, 0.2) is 48.6 Å². The summed E-state index contributed by atoms with van der Waals surface area (Å²) in [7, 11) is 1.58. The molecule has 1 aliphatic carbocycles. The van der Waals surface area contributed by atoms with Crippen LogP contribution in [-0.2, 0) is 4.74 Å². The number of hydrogen-bond acceptors (Lipinski definition) is 5. The van der Waals surface area contributed by atoms with Crippen molar-refractivity contribution in [3.05, 3.63) is 59.7 Å². The van der Waals surface area contributed by atoms with Crippen LogP contribution in [0.3, 0.4) is 0 Å². The Balaban J connectivity index is 1.59. The Morgan fingerprint density at radius 1 is 1.14 bits per heavy atom. The Kier molecular flexibility index (Phi) is 5.44. The Bertz CT molecular complexity index is 864. The highest BCUT2D eigenvalue weighted by Gasteiger charge is 2.38. The number of methoxy groups -OCH3 is 1. The van der Waals surface area contributed by atoms with E-state index >= 15 is 0 Å². The minimum atomic E-state index is 0.159. The Morgan fingerprint density at radius 2 is 2.04 bits per heavy atom. The van der Waals surface area contributed by atoms with Gasteiger partial charge in [0.25, 0.3) is 0 Å². The predicted molar refractivity (Wildman–Crippen MR) is 109 cm³/mol. The van der Waals surface area contributed by atoms with Crippen molar-refractivity contribution >= 4 is 5.69 Å². The zero-order chi connectivity index (χ0) is 19.5. The number of rotatable bonds is 7. The average Bonchev–Trinajstić information content (AvgIpc) is 3.21. The number of fused-ring (bicyclic) bond motifs is 3. The molecule has 2 N–H and O–H groups in total. The first-order valence-corrected chi connectivity index (χ1v) is 9.86. The van der Waals surface area contributed by atoms with Crippen LogP contribution in [-0.4, -0.2) is 32.0 Å². The SMILES string of the molecule is CCOCCOc1ccc2c(c1)C1C=CCC1C(c1ccc(O)c(OC)c1)N2. The van der Waals surface area contributed by atoms with Gasteiger partial charge < -0.3 is 24.6 Å². The normalized spacial score (nSPS) is 22.3. The van der Waals surface area contributed by atoms with Crippen molar-refractivity contribution in [1.82, 2.24) is 0 Å². The second-order valence-corrected chi connectivity index (χ2v) is 7.20. The molecule has 148 valence electrons. The number of allylic oxidation sites excluding steroid dienone is 2. The summed E-state index contributed by atoms with van der Waals surface area (Å²) in [6.07, 6.45) is 5.58. The fourth-order valence-corrected chi connectivity index (χ4v) is 4.24. The van der Waals surface area contributed by atoms with E-state index in [0.29, 0.717) is 37.4 Å². The lowest BCUT2D eigenvalue weighted by molar-refractivity contribution is 0.110. The molecule has 2 aliphatic rings. The third kappa shape index (κ3) is 3.54. The van der Waals surface area contributed by atoms with Crippen molar-refractivity contribution < 1.29 is 19.3 Å². The van der Waals surface area contributed by atoms with Crippen molar-refractivity contribution in [3.63, 3.8) is 0 Å². The molecule has 3 unspecified atom stereocenters. The average molecular weight is 381 g/mol. The van der Waals surface area contributed by atoms with Crippen LogP contribution in [0.5, 0.6) is 17.2 Å². The molecule has 1 heterocycles. The van der Waals surface area contributed by atoms with Gasteiger partial charge in [-0.3, -0.25) is 0 Å². The van der Waals surface area contributed by atoms with Gasteiger partial charge in [-0.25, -0.2) is 0 Å². The molecule has 0 bridgehead atoms. The summed E-state index contributed by atoms with van der Waals surface area (Å²) >= 11 is 0. The highest BCUT2D eigenvalue weighted by molar-refractivity contribution is 5.62. The van der Waals surface area contributed by atoms with Crippen LogP contribution in [0, 0.1) is 5.92 Å². The quantitative estimate of drug-likeness (QED) is 0.540. The molecule has 1 aliphatic heterocycles. The van der Waals surface area contributed by atoms with Gasteiger partial charge in [0, 0.05) is 18.2 Å². The van der Waals surface area contributed by atoms with Gasteiger partial charge in [-0.2, -0.15) is 0 Å². The number of aromatic hydroxyl groups is 1. The summed E-state index contributed by atoms with van der Waals surface area (Å²) < 4.78 is 16.5. The summed E-state index contributed by atoms with van der Waals surface area (Å²) in [6.45, 7) is 3.84. The van der Waals surface area contributed by atoms with E-state index in [4.69, 9.17) is 14.2 Å². The zero-order valence-corrected chi connectivity index (χ0v) is 16.4. The molecular weight excluding hydrogens is 354 g/mol. The van der Waals surface area contributed by atoms with Crippen LogP contribution in [0.1, 0.15) is 36.4 Å². The molecule has 0 saturated heterocycles. The molecule has 4 rings (SSSR count). The van der Waals surface area contributed by atoms with Crippen LogP contribution in [0.2, 0.25) is 0 Å². The van der Waals surface area contributed by atoms with E-state index in [1.54, 1.807) is 13.2 Å². The Labute approximate surface area is 165 Å². The van der Waals surface area contributed by atoms with Crippen molar-refractivity contribution in [2.75, 3.05) is 32.2 Å². The summed E-state index contributed by atoms with van der Waals surface area (Å²) in [5.41, 5.74) is 3.52. The molecule has 5 heteroatoms. The van der Waals surface area contributed by atoms with E-state index < -0.39 is 0 Å². The number of nitrogens with one attached hydrogen (secondary N) is 1. The van der Waals surface area contributed by atoms with Gasteiger partial charge in [-0.15, -0.1) is 0 Å². The van der Waals surface area contributed by atoms with Gasteiger partial charge >= 0.3 is 0 Å². The predicted octanol–water partition coefficient (Wildman–Crippen LogP) is 4.64. The molecule has 0 radical (unpaired) electrons. The molecular formula is C23H27NO4. The molecule has 28 heavy (non-hydrogen) atoms. The van der Waals surface area contributed by atoms with Gasteiger partial charge in [0.15, 0.2) is 11.5 Å². The third-order valence-electron chi connectivity index (χ3n) is 5.60. The van der Waals surface area contributed by atoms with Gasteiger partial charge in [0.05, 0.1) is 19.8 Å². The monoisotopic (exact) mass is 381 g/mol. The fourth-order valence-electron chi connectivity index (χ4n) is 4.24. The third-order valence-corrected chi connectivity index (χ3v) is 5.60. The lowest BCUT2D eigenvalue weighted by atomic mass is 9.77. The molecule has 0 spiro atoms. The zero-order valence-electron chi connectivity index (χ0n) is 16.4. The molecule has 3 atom stereocenters. The summed E-state index contributed by atoms with van der Waals surface area (Å²) in [5.74, 6) is 2.31. The first-order chi connectivity index (χ1) is 13.7. The minimum absolute atomic E-state index is 0.159. The lowest BCUT2D eigenvalue weighted by Gasteiger charge is -2.37. The number of phenols is 1. The maximum absolute atomic E-state index is 9.93. The maximum atomic E-state index is 9.93. The first kappa shape index (κ1) is 18.7. The smallest absolute Gasteiger partial charge is 0.160 e. The van der Waals surface area contributed by atoms with Crippen molar-refractivity contribution in [1.29, 1.82) is 0 Å². The van der Waals surface area contributed by atoms with Crippen molar-refractivity contribution in [2.45, 2.75) is 25.3 Å². The van der Waals surface area contributed by atoms with E-state index in [1.165, 1.54) is 5.56 Å². The molecule has 2 aromatic carbocycles. The van der Waals surface area contributed by atoms with E-state index in [0.717, 1.165) is 23.4 Å². The Morgan fingerprint density at radius 3 is 2.86 bits per heavy atom. The van der Waals surface area contributed by atoms with Crippen molar-refractivity contribution in [3.8, 4) is 17.2 Å². The number of anilines is 1. The second kappa shape index (κ2) is 8.15. The minimum Gasteiger partial charge on any atom is -0.504 e. The van der Waals surface area contributed by atoms with E-state index in [1.807, 2.05) is 25.1 Å². The lowest BCUT2D eigenvalue weighted by Crippen LogP contribution is -2.29. The van der Waals surface area contributed by atoms with Crippen LogP contribution >= 0.6 is 0 Å². The maximum Gasteiger partial charge on any atom is 0.160 e. The summed E-state index contributed by atoms with van der Waals surface area (Å²) in [4.78, 5) is 0. The summed E-state index contributed by atoms with van der Waals surface area (Å²) in [5, 5.41) is 13.6. The second-order valence-electron chi connectivity index (χ2n) is 7.20. The number of benzene rings is 2. The molecule has 5 nitrogen and oxygen atoms in total. The van der Waals surface area contributed by atoms with Crippen molar-refractivity contribution in [2.24, 2.45) is 5.92 Å². The first-order valence-electron chi connectivity index (χ1n) is 9.86.